The molecule has 3 aromatic rings. The highest BCUT2D eigenvalue weighted by Gasteiger charge is 2.24. The average molecular weight is 398 g/mol. The van der Waals surface area contributed by atoms with E-state index >= 15 is 0 Å². The van der Waals surface area contributed by atoms with E-state index in [1.807, 2.05) is 0 Å². The van der Waals surface area contributed by atoms with Crippen molar-refractivity contribution < 1.29 is 13.9 Å². The summed E-state index contributed by atoms with van der Waals surface area (Å²) in [5.74, 6) is -0.0485. The van der Waals surface area contributed by atoms with Crippen LogP contribution in [0.15, 0.2) is 36.7 Å². The van der Waals surface area contributed by atoms with Crippen LogP contribution < -0.4 is 15.4 Å². The summed E-state index contributed by atoms with van der Waals surface area (Å²) in [6.07, 6.45) is 3.60. The molecule has 9 heteroatoms. The number of benzene rings is 1. The molecule has 1 aromatic carbocycles. The van der Waals surface area contributed by atoms with Gasteiger partial charge < -0.3 is 15.4 Å². The number of ether oxygens (including phenoxy) is 1. The van der Waals surface area contributed by atoms with Gasteiger partial charge in [-0.25, -0.2) is 19.0 Å². The van der Waals surface area contributed by atoms with Gasteiger partial charge in [0.25, 0.3) is 5.91 Å². The fourth-order valence-corrected chi connectivity index (χ4v) is 3.47. The molecule has 4 rings (SSSR count). The molecule has 1 aliphatic rings. The number of aromatic nitrogens is 4. The monoisotopic (exact) mass is 398 g/mol. The van der Waals surface area contributed by atoms with Gasteiger partial charge in [-0.05, 0) is 32.0 Å². The topological polar surface area (TPSA) is 94.0 Å². The summed E-state index contributed by atoms with van der Waals surface area (Å²) in [6.45, 7) is 4.31. The molecule has 0 radical (unpaired) electrons. The lowest BCUT2D eigenvalue weighted by atomic mass is 10.0. The summed E-state index contributed by atoms with van der Waals surface area (Å²) < 4.78 is 20.5. The second kappa shape index (κ2) is 8.52. The SMILES string of the molecule is C[C@@H](Oc1cccc(F)c1)C(=O)NCCn1nc([C@H]2CCNC2)c2nccnc21. The minimum absolute atomic E-state index is 0.281. The number of nitrogens with zero attached hydrogens (tertiary/aromatic N) is 4. The van der Waals surface area contributed by atoms with Gasteiger partial charge in [0.1, 0.15) is 17.1 Å². The number of hydrogen-bond donors (Lipinski definition) is 2. The lowest BCUT2D eigenvalue weighted by Crippen LogP contribution is -2.38. The van der Waals surface area contributed by atoms with Crippen LogP contribution in [-0.2, 0) is 11.3 Å². The van der Waals surface area contributed by atoms with E-state index in [-0.39, 0.29) is 5.91 Å². The molecule has 2 N–H and O–H groups in total. The first-order valence-corrected chi connectivity index (χ1v) is 9.70. The van der Waals surface area contributed by atoms with Crippen molar-refractivity contribution in [3.05, 3.63) is 48.2 Å². The minimum atomic E-state index is -0.744. The summed E-state index contributed by atoms with van der Waals surface area (Å²) in [5, 5.41) is 10.9. The van der Waals surface area contributed by atoms with E-state index in [1.54, 1.807) is 30.1 Å². The fraction of sp³-hybridized carbons (Fsp3) is 0.400. The molecule has 1 aliphatic heterocycles. The van der Waals surface area contributed by atoms with Gasteiger partial charge in [-0.3, -0.25) is 4.79 Å². The van der Waals surface area contributed by atoms with Crippen LogP contribution in [0.25, 0.3) is 11.2 Å². The third-order valence-corrected chi connectivity index (χ3v) is 4.94. The van der Waals surface area contributed by atoms with Crippen molar-refractivity contribution in [2.45, 2.75) is 31.9 Å². The Labute approximate surface area is 167 Å². The van der Waals surface area contributed by atoms with Gasteiger partial charge in [0.05, 0.1) is 12.2 Å². The van der Waals surface area contributed by atoms with E-state index in [1.165, 1.54) is 18.2 Å². The van der Waals surface area contributed by atoms with Gasteiger partial charge in [-0.1, -0.05) is 6.07 Å². The number of halogens is 1. The largest absolute Gasteiger partial charge is 0.481 e. The number of fused-ring (bicyclic) bond motifs is 1. The third-order valence-electron chi connectivity index (χ3n) is 4.94. The lowest BCUT2D eigenvalue weighted by molar-refractivity contribution is -0.127. The molecule has 1 saturated heterocycles. The van der Waals surface area contributed by atoms with Crippen LogP contribution in [0, 0.1) is 5.82 Å². The van der Waals surface area contributed by atoms with E-state index in [9.17, 15) is 9.18 Å². The standard InChI is InChI=1S/C20H23FN6O2/c1-13(29-16-4-2-3-15(21)11-16)20(28)25-9-10-27-19-18(23-7-8-24-19)17(26-27)14-5-6-22-12-14/h2-4,7-8,11,13-14,22H,5-6,9-10,12H2,1H3,(H,25,28)/t13-,14+/m1/s1. The Hall–Kier alpha value is -3.07. The van der Waals surface area contributed by atoms with Gasteiger partial charge in [0, 0.05) is 37.5 Å². The Kier molecular flexibility index (Phi) is 5.66. The van der Waals surface area contributed by atoms with Crippen molar-refractivity contribution in [2.24, 2.45) is 0 Å². The highest BCUT2D eigenvalue weighted by atomic mass is 19.1. The molecule has 3 heterocycles. The first-order chi connectivity index (χ1) is 14.1. The van der Waals surface area contributed by atoms with Gasteiger partial charge in [-0.2, -0.15) is 5.10 Å². The first-order valence-electron chi connectivity index (χ1n) is 9.70. The molecule has 29 heavy (non-hydrogen) atoms. The predicted octanol–water partition coefficient (Wildman–Crippen LogP) is 1.63. The molecule has 8 nitrogen and oxygen atoms in total. The zero-order chi connectivity index (χ0) is 20.2. The van der Waals surface area contributed by atoms with Gasteiger partial charge in [0.2, 0.25) is 0 Å². The van der Waals surface area contributed by atoms with E-state index < -0.39 is 11.9 Å². The van der Waals surface area contributed by atoms with E-state index in [0.29, 0.717) is 30.4 Å². The smallest absolute Gasteiger partial charge is 0.260 e. The molecule has 0 spiro atoms. The van der Waals surface area contributed by atoms with Crippen LogP contribution in [0.1, 0.15) is 25.0 Å². The molecule has 152 valence electrons. The minimum Gasteiger partial charge on any atom is -0.481 e. The summed E-state index contributed by atoms with van der Waals surface area (Å²) in [5.41, 5.74) is 2.48. The molecule has 0 bridgehead atoms. The molecule has 0 unspecified atom stereocenters. The fourth-order valence-electron chi connectivity index (χ4n) is 3.47. The molecule has 1 amide bonds. The van der Waals surface area contributed by atoms with Crippen molar-refractivity contribution in [2.75, 3.05) is 19.6 Å². The molecular formula is C20H23FN6O2. The maximum absolute atomic E-state index is 13.2. The quantitative estimate of drug-likeness (QED) is 0.628. The lowest BCUT2D eigenvalue weighted by Gasteiger charge is -2.14. The van der Waals surface area contributed by atoms with Crippen LogP contribution in [-0.4, -0.2) is 51.4 Å². The number of carbonyl (C=O) groups is 1. The molecule has 2 atom stereocenters. The zero-order valence-electron chi connectivity index (χ0n) is 16.1. The zero-order valence-corrected chi connectivity index (χ0v) is 16.1. The molecule has 0 saturated carbocycles. The van der Waals surface area contributed by atoms with Crippen LogP contribution in [0.2, 0.25) is 0 Å². The summed E-state index contributed by atoms with van der Waals surface area (Å²) in [6, 6.07) is 5.72. The highest BCUT2D eigenvalue weighted by molar-refractivity contribution is 5.80. The van der Waals surface area contributed by atoms with Crippen LogP contribution in [0.4, 0.5) is 4.39 Å². The Balaban J connectivity index is 1.37. The maximum Gasteiger partial charge on any atom is 0.260 e. The number of rotatable bonds is 7. The van der Waals surface area contributed by atoms with E-state index in [2.05, 4.69) is 20.6 Å². The van der Waals surface area contributed by atoms with Crippen molar-refractivity contribution >= 4 is 17.1 Å². The highest BCUT2D eigenvalue weighted by Crippen LogP contribution is 2.26. The third kappa shape index (κ3) is 4.34. The van der Waals surface area contributed by atoms with Crippen LogP contribution in [0.5, 0.6) is 5.75 Å². The van der Waals surface area contributed by atoms with Gasteiger partial charge >= 0.3 is 0 Å². The Morgan fingerprint density at radius 3 is 3.07 bits per heavy atom. The van der Waals surface area contributed by atoms with Crippen molar-refractivity contribution in [3.63, 3.8) is 0 Å². The Morgan fingerprint density at radius 2 is 2.28 bits per heavy atom. The van der Waals surface area contributed by atoms with Crippen molar-refractivity contribution in [1.29, 1.82) is 0 Å². The van der Waals surface area contributed by atoms with Gasteiger partial charge in [-0.15, -0.1) is 0 Å². The second-order valence-corrected chi connectivity index (χ2v) is 7.04. The number of hydrogen-bond acceptors (Lipinski definition) is 6. The van der Waals surface area contributed by atoms with Crippen molar-refractivity contribution in [3.8, 4) is 5.75 Å². The predicted molar refractivity (Wildman–Crippen MR) is 105 cm³/mol. The Morgan fingerprint density at radius 1 is 1.41 bits per heavy atom. The van der Waals surface area contributed by atoms with Crippen LogP contribution >= 0.6 is 0 Å². The molecule has 1 fully saturated rings. The Bertz CT molecular complexity index is 1000. The first kappa shape index (κ1) is 19.3. The summed E-state index contributed by atoms with van der Waals surface area (Å²) >= 11 is 0. The van der Waals surface area contributed by atoms with E-state index in [0.717, 1.165) is 30.7 Å². The molecular weight excluding hydrogens is 375 g/mol. The molecule has 0 aliphatic carbocycles. The molecule has 2 aromatic heterocycles. The summed E-state index contributed by atoms with van der Waals surface area (Å²) in [7, 11) is 0. The average Bonchev–Trinajstić information content (AvgIpc) is 3.36. The normalized spacial score (nSPS) is 17.4. The van der Waals surface area contributed by atoms with Gasteiger partial charge in [0.15, 0.2) is 11.8 Å². The number of nitrogens with one attached hydrogen (secondary N) is 2. The summed E-state index contributed by atoms with van der Waals surface area (Å²) in [4.78, 5) is 21.2. The van der Waals surface area contributed by atoms with Crippen molar-refractivity contribution in [1.82, 2.24) is 30.4 Å². The number of carbonyl (C=O) groups excluding carboxylic acids is 1. The van der Waals surface area contributed by atoms with Crippen LogP contribution in [0.3, 0.4) is 0 Å². The van der Waals surface area contributed by atoms with E-state index in [4.69, 9.17) is 9.84 Å². The number of amides is 1. The maximum atomic E-state index is 13.2. The second-order valence-electron chi connectivity index (χ2n) is 7.04.